The van der Waals surface area contributed by atoms with Crippen molar-refractivity contribution in [2.45, 2.75) is 6.04 Å². The van der Waals surface area contributed by atoms with E-state index in [1.807, 2.05) is 12.1 Å². The van der Waals surface area contributed by atoms with Crippen LogP contribution in [0.4, 0.5) is 5.69 Å². The van der Waals surface area contributed by atoms with E-state index in [4.69, 9.17) is 10.2 Å². The Bertz CT molecular complexity index is 503. The first-order chi connectivity index (χ1) is 9.56. The molecule has 7 nitrogen and oxygen atoms in total. The van der Waals surface area contributed by atoms with Crippen molar-refractivity contribution in [3.05, 3.63) is 29.8 Å². The van der Waals surface area contributed by atoms with E-state index in [0.29, 0.717) is 12.2 Å². The number of nitrogens with one attached hydrogen (secondary N) is 1. The van der Waals surface area contributed by atoms with Gasteiger partial charge in [-0.2, -0.15) is 0 Å². The third-order valence-corrected chi connectivity index (χ3v) is 2.97. The first-order valence-electron chi connectivity index (χ1n) is 6.09. The number of hydrogen-bond acceptors (Lipinski definition) is 5. The maximum absolute atomic E-state index is 10.8. The van der Waals surface area contributed by atoms with Gasteiger partial charge >= 0.3 is 11.9 Å². The Morgan fingerprint density at radius 2 is 1.80 bits per heavy atom. The van der Waals surface area contributed by atoms with Gasteiger partial charge in [-0.15, -0.1) is 0 Å². The van der Waals surface area contributed by atoms with E-state index in [-0.39, 0.29) is 19.1 Å². The molecule has 1 unspecified atom stereocenters. The summed E-state index contributed by atoms with van der Waals surface area (Å²) >= 11 is 0. The van der Waals surface area contributed by atoms with E-state index in [2.05, 4.69) is 10.3 Å². The van der Waals surface area contributed by atoms with Gasteiger partial charge in [0.1, 0.15) is 13.1 Å². The Labute approximate surface area is 115 Å². The molecule has 0 saturated carbocycles. The van der Waals surface area contributed by atoms with E-state index in [0.717, 1.165) is 5.56 Å². The number of hydrogen-bond donors (Lipinski definition) is 3. The molecule has 0 aromatic heterocycles. The molecule has 0 aliphatic carbocycles. The summed E-state index contributed by atoms with van der Waals surface area (Å²) in [6.45, 7) is -0.0415. The Hall–Kier alpha value is -2.57. The molecule has 3 N–H and O–H groups in total. The molecule has 0 fully saturated rings. The fourth-order valence-electron chi connectivity index (χ4n) is 2.04. The molecule has 1 heterocycles. The van der Waals surface area contributed by atoms with Crippen molar-refractivity contribution in [2.24, 2.45) is 4.99 Å². The SMILES string of the molecule is O=C(O)CN(CC(=O)O)c1ccc(C2CN=CN2)cc1. The summed E-state index contributed by atoms with van der Waals surface area (Å²) < 4.78 is 0. The average molecular weight is 277 g/mol. The molecular weight excluding hydrogens is 262 g/mol. The fraction of sp³-hybridized carbons (Fsp3) is 0.308. The lowest BCUT2D eigenvalue weighted by Gasteiger charge is -2.21. The fourth-order valence-corrected chi connectivity index (χ4v) is 2.04. The second-order valence-electron chi connectivity index (χ2n) is 4.45. The normalized spacial score (nSPS) is 16.7. The number of anilines is 1. The van der Waals surface area contributed by atoms with E-state index < -0.39 is 11.9 Å². The van der Waals surface area contributed by atoms with Crippen LogP contribution in [-0.2, 0) is 9.59 Å². The molecular formula is C13H15N3O4. The van der Waals surface area contributed by atoms with Gasteiger partial charge < -0.3 is 20.4 Å². The minimum Gasteiger partial charge on any atom is -0.480 e. The summed E-state index contributed by atoms with van der Waals surface area (Å²) in [7, 11) is 0. The van der Waals surface area contributed by atoms with Crippen molar-refractivity contribution >= 4 is 24.0 Å². The molecule has 106 valence electrons. The topological polar surface area (TPSA) is 102 Å². The van der Waals surface area contributed by atoms with Crippen LogP contribution in [0, 0.1) is 0 Å². The summed E-state index contributed by atoms with van der Waals surface area (Å²) in [6, 6.07) is 7.26. The molecule has 2 rings (SSSR count). The molecule has 1 aromatic rings. The van der Waals surface area contributed by atoms with E-state index in [1.165, 1.54) is 4.90 Å². The minimum atomic E-state index is -1.07. The van der Waals surface area contributed by atoms with Crippen LogP contribution in [-0.4, -0.2) is 48.1 Å². The molecule has 7 heteroatoms. The number of aliphatic carboxylic acids is 2. The predicted octanol–water partition coefficient (Wildman–Crippen LogP) is 0.335. The lowest BCUT2D eigenvalue weighted by atomic mass is 10.1. The van der Waals surface area contributed by atoms with E-state index in [1.54, 1.807) is 18.5 Å². The summed E-state index contributed by atoms with van der Waals surface area (Å²) in [5.41, 5.74) is 1.59. The number of nitrogens with zero attached hydrogens (tertiary/aromatic N) is 2. The second kappa shape index (κ2) is 6.05. The van der Waals surface area contributed by atoms with Crippen LogP contribution in [0.15, 0.2) is 29.3 Å². The van der Waals surface area contributed by atoms with Gasteiger partial charge in [-0.3, -0.25) is 14.6 Å². The Balaban J connectivity index is 2.12. The molecule has 1 aliphatic rings. The first kappa shape index (κ1) is 13.9. The highest BCUT2D eigenvalue weighted by Crippen LogP contribution is 2.20. The zero-order valence-electron chi connectivity index (χ0n) is 10.7. The number of carboxylic acid groups (broad SMARTS) is 2. The van der Waals surface area contributed by atoms with Gasteiger partial charge in [-0.05, 0) is 17.7 Å². The maximum atomic E-state index is 10.8. The van der Waals surface area contributed by atoms with Gasteiger partial charge in [0.25, 0.3) is 0 Å². The lowest BCUT2D eigenvalue weighted by molar-refractivity contribution is -0.136. The zero-order valence-corrected chi connectivity index (χ0v) is 10.7. The Kier molecular flexibility index (Phi) is 4.19. The van der Waals surface area contributed by atoms with Gasteiger partial charge in [0.2, 0.25) is 0 Å². The van der Waals surface area contributed by atoms with Crippen molar-refractivity contribution in [3.63, 3.8) is 0 Å². The third kappa shape index (κ3) is 3.47. The molecule has 1 aliphatic heterocycles. The quantitative estimate of drug-likeness (QED) is 0.692. The van der Waals surface area contributed by atoms with Crippen LogP contribution in [0.3, 0.4) is 0 Å². The first-order valence-corrected chi connectivity index (χ1v) is 6.09. The van der Waals surface area contributed by atoms with Crippen molar-refractivity contribution in [3.8, 4) is 0 Å². The molecule has 1 aromatic carbocycles. The zero-order chi connectivity index (χ0) is 14.5. The highest BCUT2D eigenvalue weighted by Gasteiger charge is 2.16. The van der Waals surface area contributed by atoms with E-state index >= 15 is 0 Å². The summed E-state index contributed by atoms with van der Waals surface area (Å²) in [6.07, 6.45) is 1.65. The van der Waals surface area contributed by atoms with Crippen molar-refractivity contribution in [1.82, 2.24) is 5.32 Å². The van der Waals surface area contributed by atoms with Crippen molar-refractivity contribution < 1.29 is 19.8 Å². The number of benzene rings is 1. The van der Waals surface area contributed by atoms with Gasteiger partial charge in [-0.1, -0.05) is 12.1 Å². The minimum absolute atomic E-state index is 0.122. The monoisotopic (exact) mass is 277 g/mol. The van der Waals surface area contributed by atoms with Crippen LogP contribution >= 0.6 is 0 Å². The summed E-state index contributed by atoms with van der Waals surface area (Å²) in [5, 5.41) is 20.7. The van der Waals surface area contributed by atoms with Gasteiger partial charge in [-0.25, -0.2) is 0 Å². The van der Waals surface area contributed by atoms with Gasteiger partial charge in [0.15, 0.2) is 0 Å². The van der Waals surface area contributed by atoms with Crippen LogP contribution < -0.4 is 10.2 Å². The Morgan fingerprint density at radius 3 is 2.25 bits per heavy atom. The summed E-state index contributed by atoms with van der Waals surface area (Å²) in [4.78, 5) is 26.9. The highest BCUT2D eigenvalue weighted by molar-refractivity contribution is 5.79. The predicted molar refractivity (Wildman–Crippen MR) is 73.2 cm³/mol. The van der Waals surface area contributed by atoms with Gasteiger partial charge in [0, 0.05) is 5.69 Å². The maximum Gasteiger partial charge on any atom is 0.323 e. The number of rotatable bonds is 6. The molecule has 1 atom stereocenters. The number of carboxylic acids is 2. The average Bonchev–Trinajstić information content (AvgIpc) is 2.91. The largest absolute Gasteiger partial charge is 0.480 e. The lowest BCUT2D eigenvalue weighted by Crippen LogP contribution is -2.34. The molecule has 20 heavy (non-hydrogen) atoms. The Morgan fingerprint density at radius 1 is 1.20 bits per heavy atom. The van der Waals surface area contributed by atoms with Crippen molar-refractivity contribution in [1.29, 1.82) is 0 Å². The third-order valence-electron chi connectivity index (χ3n) is 2.97. The number of carbonyl (C=O) groups is 2. The molecule has 0 radical (unpaired) electrons. The van der Waals surface area contributed by atoms with Crippen LogP contribution in [0.1, 0.15) is 11.6 Å². The molecule has 0 bridgehead atoms. The smallest absolute Gasteiger partial charge is 0.323 e. The molecule has 0 spiro atoms. The molecule has 0 amide bonds. The molecule has 0 saturated heterocycles. The number of aliphatic imine (C=N–C) groups is 1. The van der Waals surface area contributed by atoms with Gasteiger partial charge in [0.05, 0.1) is 18.9 Å². The van der Waals surface area contributed by atoms with Crippen LogP contribution in [0.25, 0.3) is 0 Å². The van der Waals surface area contributed by atoms with Crippen molar-refractivity contribution in [2.75, 3.05) is 24.5 Å². The summed E-state index contributed by atoms with van der Waals surface area (Å²) in [5.74, 6) is -2.14. The van der Waals surface area contributed by atoms with E-state index in [9.17, 15) is 9.59 Å². The van der Waals surface area contributed by atoms with Crippen LogP contribution in [0.5, 0.6) is 0 Å². The highest BCUT2D eigenvalue weighted by atomic mass is 16.4. The second-order valence-corrected chi connectivity index (χ2v) is 4.45. The standard InChI is InChI=1S/C13H15N3O4/c17-12(18)6-16(7-13(19)20)10-3-1-9(2-4-10)11-5-14-8-15-11/h1-4,8,11H,5-7H2,(H,14,15)(H,17,18)(H,19,20). The van der Waals surface area contributed by atoms with Crippen LogP contribution in [0.2, 0.25) is 0 Å².